The summed E-state index contributed by atoms with van der Waals surface area (Å²) in [5, 5.41) is 0.856. The Kier molecular flexibility index (Phi) is 6.44. The van der Waals surface area contributed by atoms with E-state index in [0.29, 0.717) is 5.56 Å². The average Bonchev–Trinajstić information content (AvgIpc) is 3.37. The van der Waals surface area contributed by atoms with Crippen molar-refractivity contribution >= 4 is 16.9 Å². The van der Waals surface area contributed by atoms with Gasteiger partial charge in [-0.1, -0.05) is 36.1 Å². The van der Waals surface area contributed by atoms with E-state index < -0.39 is 0 Å². The molecule has 0 radical (unpaired) electrons. The molecule has 170 valence electrons. The van der Waals surface area contributed by atoms with Crippen molar-refractivity contribution in [2.24, 2.45) is 0 Å². The highest BCUT2D eigenvalue weighted by molar-refractivity contribution is 6.05. The number of nitrogens with one attached hydrogen (secondary N) is 1. The van der Waals surface area contributed by atoms with Gasteiger partial charge in [0.25, 0.3) is 0 Å². The second-order valence-electron chi connectivity index (χ2n) is 8.37. The number of morpholine rings is 1. The molecule has 1 aromatic heterocycles. The molecule has 1 aliphatic rings. The Morgan fingerprint density at radius 1 is 0.941 bits per heavy atom. The first-order valence-electron chi connectivity index (χ1n) is 11.4. The van der Waals surface area contributed by atoms with Crippen LogP contribution in [0.2, 0.25) is 0 Å². The summed E-state index contributed by atoms with van der Waals surface area (Å²) >= 11 is 0. The third-order valence-electron chi connectivity index (χ3n) is 6.11. The fourth-order valence-corrected chi connectivity index (χ4v) is 4.21. The summed E-state index contributed by atoms with van der Waals surface area (Å²) in [4.78, 5) is 17.8. The van der Waals surface area contributed by atoms with Crippen molar-refractivity contribution in [1.29, 1.82) is 0 Å². The highest BCUT2D eigenvalue weighted by Crippen LogP contribution is 2.28. The lowest BCUT2D eigenvalue weighted by Crippen LogP contribution is -2.35. The largest absolute Gasteiger partial charge is 0.465 e. The van der Waals surface area contributed by atoms with E-state index in [9.17, 15) is 4.79 Å². The number of benzene rings is 3. The Morgan fingerprint density at radius 3 is 2.29 bits per heavy atom. The van der Waals surface area contributed by atoms with Crippen molar-refractivity contribution in [3.63, 3.8) is 0 Å². The summed E-state index contributed by atoms with van der Waals surface area (Å²) in [6.45, 7) is 4.55. The summed E-state index contributed by atoms with van der Waals surface area (Å²) in [6, 6.07) is 22.3. The number of ether oxygens (including phenoxy) is 2. The molecule has 34 heavy (non-hydrogen) atoms. The summed E-state index contributed by atoms with van der Waals surface area (Å²) in [6.07, 6.45) is 1.83. The van der Waals surface area contributed by atoms with Gasteiger partial charge in [0.1, 0.15) is 0 Å². The van der Waals surface area contributed by atoms with Crippen molar-refractivity contribution in [1.82, 2.24) is 9.88 Å². The van der Waals surface area contributed by atoms with Crippen LogP contribution in [-0.2, 0) is 16.0 Å². The maximum absolute atomic E-state index is 12.2. The lowest BCUT2D eigenvalue weighted by atomic mass is 9.99. The Bertz CT molecular complexity index is 1350. The summed E-state index contributed by atoms with van der Waals surface area (Å²) in [5.41, 5.74) is 6.65. The first kappa shape index (κ1) is 22.0. The maximum atomic E-state index is 12.2. The second kappa shape index (κ2) is 9.96. The van der Waals surface area contributed by atoms with Gasteiger partial charge in [-0.3, -0.25) is 4.90 Å². The van der Waals surface area contributed by atoms with Crippen LogP contribution in [0, 0.1) is 11.8 Å². The molecule has 0 unspecified atom stereocenters. The van der Waals surface area contributed by atoms with E-state index in [2.05, 4.69) is 46.0 Å². The Morgan fingerprint density at radius 2 is 1.62 bits per heavy atom. The number of H-pyrrole nitrogens is 1. The zero-order valence-electron chi connectivity index (χ0n) is 19.1. The van der Waals surface area contributed by atoms with Crippen LogP contribution in [0.15, 0.2) is 72.9 Å². The van der Waals surface area contributed by atoms with E-state index in [1.54, 1.807) is 0 Å². The lowest BCUT2D eigenvalue weighted by molar-refractivity contribution is 0.0342. The molecule has 3 aromatic carbocycles. The van der Waals surface area contributed by atoms with Gasteiger partial charge in [-0.05, 0) is 59.2 Å². The van der Waals surface area contributed by atoms with Gasteiger partial charge in [0.15, 0.2) is 0 Å². The third-order valence-corrected chi connectivity index (χ3v) is 6.11. The highest BCUT2D eigenvalue weighted by atomic mass is 16.5. The summed E-state index contributed by atoms with van der Waals surface area (Å²) < 4.78 is 10.4. The van der Waals surface area contributed by atoms with Gasteiger partial charge in [-0.25, -0.2) is 4.79 Å². The Labute approximate surface area is 199 Å². The lowest BCUT2D eigenvalue weighted by Gasteiger charge is -2.26. The zero-order chi connectivity index (χ0) is 23.3. The molecule has 0 atom stereocenters. The van der Waals surface area contributed by atoms with Crippen molar-refractivity contribution in [2.45, 2.75) is 6.54 Å². The van der Waals surface area contributed by atoms with Gasteiger partial charge in [-0.15, -0.1) is 0 Å². The molecule has 0 saturated carbocycles. The monoisotopic (exact) mass is 450 g/mol. The predicted octanol–water partition coefficient (Wildman–Crippen LogP) is 4.85. The van der Waals surface area contributed by atoms with Gasteiger partial charge in [0, 0.05) is 47.9 Å². The highest BCUT2D eigenvalue weighted by Gasteiger charge is 2.14. The quantitative estimate of drug-likeness (QED) is 0.357. The first-order chi connectivity index (χ1) is 16.7. The topological polar surface area (TPSA) is 54.6 Å². The Balaban J connectivity index is 1.30. The van der Waals surface area contributed by atoms with E-state index in [4.69, 9.17) is 9.47 Å². The summed E-state index contributed by atoms with van der Waals surface area (Å²) in [7, 11) is 1.40. The molecule has 5 heteroatoms. The number of hydrogen-bond donors (Lipinski definition) is 1. The molecule has 1 aliphatic heterocycles. The van der Waals surface area contributed by atoms with E-state index in [1.807, 2.05) is 48.7 Å². The van der Waals surface area contributed by atoms with Gasteiger partial charge in [0.2, 0.25) is 0 Å². The SMILES string of the molecule is COC(=O)c1cc(-c2ccc(C#Cc3ccc(CN4CCOCC4)cc3)cc2)cc2[nH]ccc12. The van der Waals surface area contributed by atoms with Crippen molar-refractivity contribution < 1.29 is 14.3 Å². The standard InChI is InChI=1S/C29H26N2O3/c1-33-29(32)27-18-25(19-28-26(27)12-13-30-28)24-10-8-22(9-11-24)3-2-21-4-6-23(7-5-21)20-31-14-16-34-17-15-31/h4-13,18-19,30H,14-17,20H2,1H3. The molecule has 5 nitrogen and oxygen atoms in total. The number of esters is 1. The van der Waals surface area contributed by atoms with Crippen LogP contribution >= 0.6 is 0 Å². The number of carbonyl (C=O) groups is 1. The molecule has 0 amide bonds. The summed E-state index contributed by atoms with van der Waals surface area (Å²) in [5.74, 6) is 6.16. The number of fused-ring (bicyclic) bond motifs is 1. The van der Waals surface area contributed by atoms with Crippen LogP contribution < -0.4 is 0 Å². The molecule has 1 N–H and O–H groups in total. The van der Waals surface area contributed by atoms with Crippen molar-refractivity contribution in [3.8, 4) is 23.0 Å². The molecular formula is C29H26N2O3. The van der Waals surface area contributed by atoms with E-state index in [-0.39, 0.29) is 5.97 Å². The first-order valence-corrected chi connectivity index (χ1v) is 11.4. The molecule has 4 aromatic rings. The third kappa shape index (κ3) is 4.89. The number of nitrogens with zero attached hydrogens (tertiary/aromatic N) is 1. The fraction of sp³-hybridized carbons (Fsp3) is 0.207. The molecular weight excluding hydrogens is 424 g/mol. The van der Waals surface area contributed by atoms with Crippen molar-refractivity contribution in [3.05, 3.63) is 95.2 Å². The molecule has 0 aliphatic carbocycles. The number of rotatable bonds is 4. The zero-order valence-corrected chi connectivity index (χ0v) is 19.1. The molecule has 5 rings (SSSR count). The molecule has 2 heterocycles. The van der Waals surface area contributed by atoms with Crippen LogP contribution in [-0.4, -0.2) is 49.3 Å². The van der Waals surface area contributed by atoms with Crippen LogP contribution in [0.3, 0.4) is 0 Å². The van der Waals surface area contributed by atoms with Crippen LogP contribution in [0.25, 0.3) is 22.0 Å². The minimum Gasteiger partial charge on any atom is -0.465 e. The number of aromatic amines is 1. The van der Waals surface area contributed by atoms with Gasteiger partial charge >= 0.3 is 5.97 Å². The number of carbonyl (C=O) groups excluding carboxylic acids is 1. The number of hydrogen-bond acceptors (Lipinski definition) is 4. The fourth-order valence-electron chi connectivity index (χ4n) is 4.21. The molecule has 1 saturated heterocycles. The van der Waals surface area contributed by atoms with Crippen LogP contribution in [0.5, 0.6) is 0 Å². The second-order valence-corrected chi connectivity index (χ2v) is 8.37. The smallest absolute Gasteiger partial charge is 0.338 e. The van der Waals surface area contributed by atoms with Crippen LogP contribution in [0.4, 0.5) is 0 Å². The maximum Gasteiger partial charge on any atom is 0.338 e. The van der Waals surface area contributed by atoms with Gasteiger partial charge in [-0.2, -0.15) is 0 Å². The van der Waals surface area contributed by atoms with Crippen molar-refractivity contribution in [2.75, 3.05) is 33.4 Å². The van der Waals surface area contributed by atoms with E-state index in [1.165, 1.54) is 12.7 Å². The van der Waals surface area contributed by atoms with Crippen LogP contribution in [0.1, 0.15) is 27.0 Å². The number of methoxy groups -OCH3 is 1. The minimum atomic E-state index is -0.343. The molecule has 0 spiro atoms. The predicted molar refractivity (Wildman–Crippen MR) is 134 cm³/mol. The minimum absolute atomic E-state index is 0.343. The normalized spacial score (nSPS) is 13.9. The van der Waals surface area contributed by atoms with Gasteiger partial charge < -0.3 is 14.5 Å². The molecule has 1 fully saturated rings. The number of aromatic nitrogens is 1. The van der Waals surface area contributed by atoms with E-state index in [0.717, 1.165) is 66.0 Å². The molecule has 0 bridgehead atoms. The van der Waals surface area contributed by atoms with Gasteiger partial charge in [0.05, 0.1) is 25.9 Å². The Hall–Kier alpha value is -3.85. The van der Waals surface area contributed by atoms with E-state index >= 15 is 0 Å². The average molecular weight is 451 g/mol.